The third-order valence-corrected chi connectivity index (χ3v) is 13.2. The van der Waals surface area contributed by atoms with E-state index in [1.165, 1.54) is 6.20 Å². The molecule has 0 saturated carbocycles. The minimum atomic E-state index is -2.76. The minimum absolute atomic E-state index is 0.0850. The molecule has 0 aliphatic carbocycles. The number of para-hydroxylation sites is 1. The zero-order valence-electron chi connectivity index (χ0n) is 47.0. The highest BCUT2D eigenvalue weighted by Gasteiger charge is 2.31. The van der Waals surface area contributed by atoms with Crippen LogP contribution in [0.3, 0.4) is 0 Å². The van der Waals surface area contributed by atoms with Crippen LogP contribution in [0.4, 0.5) is 0 Å². The van der Waals surface area contributed by atoms with E-state index >= 15 is 0 Å². The minimum Gasteiger partial charge on any atom is -0.507 e. The number of aromatic nitrogens is 3. The van der Waals surface area contributed by atoms with Crippen molar-refractivity contribution >= 4 is 11.0 Å². The van der Waals surface area contributed by atoms with Crippen LogP contribution in [0.25, 0.3) is 83.9 Å². The Kier molecular flexibility index (Phi) is 10.3. The number of pyridine rings is 1. The second-order valence-electron chi connectivity index (χ2n) is 20.8. The second kappa shape index (κ2) is 17.9. The molecule has 4 heteroatoms. The number of phenols is 1. The first-order valence-electron chi connectivity index (χ1n) is 26.8. The van der Waals surface area contributed by atoms with Crippen LogP contribution in [0.5, 0.6) is 5.75 Å². The Bertz CT molecular complexity index is 3510. The van der Waals surface area contributed by atoms with Crippen molar-refractivity contribution in [3.05, 3.63) is 191 Å². The van der Waals surface area contributed by atoms with Crippen LogP contribution >= 0.6 is 0 Å². The first-order valence-corrected chi connectivity index (χ1v) is 23.8. The topological polar surface area (TPSA) is 50.9 Å². The van der Waals surface area contributed by atoms with E-state index in [1.807, 2.05) is 66.7 Å². The van der Waals surface area contributed by atoms with Crippen molar-refractivity contribution < 1.29 is 13.3 Å². The van der Waals surface area contributed by atoms with Gasteiger partial charge in [0.2, 0.25) is 0 Å². The standard InChI is InChI=1S/C64H65N3O/c1-39(2)52-34-47(44-25-18-14-19-26-44)35-53(40(3)4)60(52)67-56-30-22-29-51(59(56)66-62(67)54-36-50(63(7,8)9)37-55(61(54)68)64(10,11)12)48-31-46(43-23-16-13-17-24-43)32-49(33-48)58-42(6)57(41(5)38-65-58)45-27-20-15-21-28-45/h13-40,68H,1-12H3/i5D3,6D3. The predicted octanol–water partition coefficient (Wildman–Crippen LogP) is 17.6. The van der Waals surface area contributed by atoms with Gasteiger partial charge < -0.3 is 5.11 Å². The van der Waals surface area contributed by atoms with Crippen molar-refractivity contribution in [3.63, 3.8) is 0 Å². The lowest BCUT2D eigenvalue weighted by molar-refractivity contribution is 0.446. The number of hydrogen-bond acceptors (Lipinski definition) is 3. The fourth-order valence-electron chi connectivity index (χ4n) is 9.52. The molecule has 9 aromatic rings. The van der Waals surface area contributed by atoms with Crippen molar-refractivity contribution in [2.75, 3.05) is 0 Å². The summed E-state index contributed by atoms with van der Waals surface area (Å²) in [6, 6.07) is 50.3. The van der Waals surface area contributed by atoms with Crippen molar-refractivity contribution in [1.82, 2.24) is 14.5 Å². The SMILES string of the molecule is [2H]C([2H])([2H])c1cnc(-c2cc(-c3ccccc3)cc(-c3cccc4c3nc(-c3cc(C(C)(C)C)cc(C(C)(C)C)c3O)n4-c3c(C(C)C)cc(-c4ccccc4)cc3C(C)C)c2)c(C([2H])([2H])[2H])c1-c1ccccc1. The van der Waals surface area contributed by atoms with Crippen LogP contribution in [-0.2, 0) is 10.8 Å². The molecule has 2 heterocycles. The summed E-state index contributed by atoms with van der Waals surface area (Å²) in [6.07, 6.45) is 1.31. The summed E-state index contributed by atoms with van der Waals surface area (Å²) in [5.41, 5.74) is 13.1. The second-order valence-corrected chi connectivity index (χ2v) is 20.8. The van der Waals surface area contributed by atoms with E-state index in [4.69, 9.17) is 18.2 Å². The first-order chi connectivity index (χ1) is 34.8. The number of aryl methyl sites for hydroxylation is 1. The van der Waals surface area contributed by atoms with Gasteiger partial charge in [-0.05, 0) is 146 Å². The van der Waals surface area contributed by atoms with Crippen molar-refractivity contribution in [3.8, 4) is 78.6 Å². The van der Waals surface area contributed by atoms with E-state index in [2.05, 4.69) is 134 Å². The summed E-state index contributed by atoms with van der Waals surface area (Å²) in [5.74, 6) is 0.938. The van der Waals surface area contributed by atoms with Gasteiger partial charge in [-0.25, -0.2) is 4.98 Å². The average molecular weight is 898 g/mol. The van der Waals surface area contributed by atoms with E-state index in [1.54, 1.807) is 24.3 Å². The molecule has 0 amide bonds. The molecule has 0 saturated heterocycles. The fourth-order valence-corrected chi connectivity index (χ4v) is 9.52. The first kappa shape index (κ1) is 39.0. The van der Waals surface area contributed by atoms with Crippen LogP contribution in [0.1, 0.15) is 123 Å². The Morgan fingerprint density at radius 1 is 0.544 bits per heavy atom. The number of benzene rings is 7. The molecular weight excluding hydrogens is 827 g/mol. The van der Waals surface area contributed by atoms with E-state index in [9.17, 15) is 5.11 Å². The van der Waals surface area contributed by atoms with Crippen LogP contribution in [0.15, 0.2) is 158 Å². The number of aromatic hydroxyl groups is 1. The molecule has 0 aliphatic heterocycles. The van der Waals surface area contributed by atoms with Gasteiger partial charge in [0.05, 0.1) is 28.0 Å². The third-order valence-electron chi connectivity index (χ3n) is 13.2. The zero-order valence-corrected chi connectivity index (χ0v) is 41.0. The highest BCUT2D eigenvalue weighted by molar-refractivity contribution is 5.98. The lowest BCUT2D eigenvalue weighted by Gasteiger charge is -2.28. The number of hydrogen-bond donors (Lipinski definition) is 1. The summed E-state index contributed by atoms with van der Waals surface area (Å²) in [7, 11) is 0. The Balaban J connectivity index is 1.43. The summed E-state index contributed by atoms with van der Waals surface area (Å²) in [6.45, 7) is 16.4. The number of imidazole rings is 1. The Labute approximate surface area is 412 Å². The molecule has 7 aromatic carbocycles. The molecule has 0 unspecified atom stereocenters. The molecular formula is C64H65N3O. The number of phenolic OH excluding ortho intramolecular Hbond substituents is 1. The van der Waals surface area contributed by atoms with Gasteiger partial charge in [-0.3, -0.25) is 9.55 Å². The lowest BCUT2D eigenvalue weighted by Crippen LogP contribution is -2.17. The molecule has 1 N–H and O–H groups in total. The Hall–Kier alpha value is -7.04. The molecule has 0 bridgehead atoms. The molecule has 0 spiro atoms. The summed E-state index contributed by atoms with van der Waals surface area (Å²) in [5, 5.41) is 12.8. The van der Waals surface area contributed by atoms with Gasteiger partial charge in [0.1, 0.15) is 11.6 Å². The predicted molar refractivity (Wildman–Crippen MR) is 288 cm³/mol. The largest absolute Gasteiger partial charge is 0.507 e. The number of rotatable bonds is 9. The van der Waals surface area contributed by atoms with E-state index in [-0.39, 0.29) is 45.4 Å². The van der Waals surface area contributed by atoms with Gasteiger partial charge in [-0.15, -0.1) is 0 Å². The van der Waals surface area contributed by atoms with Gasteiger partial charge in [0.15, 0.2) is 0 Å². The summed E-state index contributed by atoms with van der Waals surface area (Å²) >= 11 is 0. The molecule has 4 nitrogen and oxygen atoms in total. The molecule has 0 atom stereocenters. The lowest BCUT2D eigenvalue weighted by atomic mass is 9.78. The maximum absolute atomic E-state index is 12.8. The smallest absolute Gasteiger partial charge is 0.149 e. The van der Waals surface area contributed by atoms with Gasteiger partial charge in [-0.1, -0.05) is 178 Å². The molecule has 0 fully saturated rings. The highest BCUT2D eigenvalue weighted by atomic mass is 16.3. The van der Waals surface area contributed by atoms with E-state index < -0.39 is 19.1 Å². The van der Waals surface area contributed by atoms with Crippen molar-refractivity contribution in [2.45, 2.75) is 106 Å². The highest BCUT2D eigenvalue weighted by Crippen LogP contribution is 2.47. The maximum atomic E-state index is 12.8. The summed E-state index contributed by atoms with van der Waals surface area (Å²) < 4.78 is 55.1. The quantitative estimate of drug-likeness (QED) is 0.157. The van der Waals surface area contributed by atoms with Gasteiger partial charge in [-0.2, -0.15) is 0 Å². The van der Waals surface area contributed by atoms with Crippen LogP contribution in [0.2, 0.25) is 0 Å². The normalized spacial score (nSPS) is 13.8. The van der Waals surface area contributed by atoms with E-state index in [0.717, 1.165) is 66.8 Å². The van der Waals surface area contributed by atoms with Crippen LogP contribution < -0.4 is 0 Å². The van der Waals surface area contributed by atoms with Gasteiger partial charge >= 0.3 is 0 Å². The number of nitrogens with zero attached hydrogens (tertiary/aromatic N) is 3. The molecule has 2 aromatic heterocycles. The third kappa shape index (κ3) is 8.58. The van der Waals surface area contributed by atoms with Gasteiger partial charge in [0.25, 0.3) is 0 Å². The fraction of sp³-hybridized carbons (Fsp3) is 0.250. The van der Waals surface area contributed by atoms with Crippen LogP contribution in [-0.4, -0.2) is 19.6 Å². The Morgan fingerprint density at radius 2 is 1.10 bits per heavy atom. The van der Waals surface area contributed by atoms with Gasteiger partial charge in [0, 0.05) is 31.1 Å². The number of fused-ring (bicyclic) bond motifs is 1. The maximum Gasteiger partial charge on any atom is 0.149 e. The zero-order chi connectivity index (χ0) is 53.2. The summed E-state index contributed by atoms with van der Waals surface area (Å²) in [4.78, 5) is 10.5. The molecule has 342 valence electrons. The molecule has 9 rings (SSSR count). The monoisotopic (exact) mass is 898 g/mol. The average Bonchev–Trinajstić information content (AvgIpc) is 3.74. The molecule has 0 aliphatic rings. The van der Waals surface area contributed by atoms with Crippen LogP contribution in [0, 0.1) is 13.7 Å². The Morgan fingerprint density at radius 3 is 1.65 bits per heavy atom. The van der Waals surface area contributed by atoms with Crippen molar-refractivity contribution in [2.24, 2.45) is 0 Å². The molecule has 68 heavy (non-hydrogen) atoms. The molecule has 0 radical (unpaired) electrons. The van der Waals surface area contributed by atoms with E-state index in [0.29, 0.717) is 28.0 Å². The van der Waals surface area contributed by atoms with Crippen molar-refractivity contribution in [1.29, 1.82) is 0 Å².